The summed E-state index contributed by atoms with van der Waals surface area (Å²) in [6.07, 6.45) is 2.31. The van der Waals surface area contributed by atoms with Gasteiger partial charge in [-0.05, 0) is 19.4 Å². The lowest BCUT2D eigenvalue weighted by Crippen LogP contribution is -2.49. The maximum absolute atomic E-state index is 12.2. The molecule has 1 aliphatic rings. The smallest absolute Gasteiger partial charge is 0.251 e. The van der Waals surface area contributed by atoms with E-state index in [9.17, 15) is 13.6 Å². The number of hydrogen-bond donors (Lipinski definition) is 1. The fourth-order valence-corrected chi connectivity index (χ4v) is 2.31. The third kappa shape index (κ3) is 10.2. The molecule has 1 rings (SSSR count). The second-order valence-electron chi connectivity index (χ2n) is 5.03. The number of nitrogens with zero attached hydrogens (tertiary/aromatic N) is 2. The van der Waals surface area contributed by atoms with Crippen molar-refractivity contribution in [1.82, 2.24) is 9.80 Å². The third-order valence-corrected chi connectivity index (χ3v) is 3.47. The molecular formula is C13H27Cl2F2N3O. The summed E-state index contributed by atoms with van der Waals surface area (Å²) in [6.45, 7) is 2.80. The van der Waals surface area contributed by atoms with Crippen LogP contribution in [0.25, 0.3) is 0 Å². The predicted molar refractivity (Wildman–Crippen MR) is 85.7 cm³/mol. The summed E-state index contributed by atoms with van der Waals surface area (Å²) >= 11 is 0. The number of hydrogen-bond acceptors (Lipinski definition) is 3. The third-order valence-electron chi connectivity index (χ3n) is 3.47. The van der Waals surface area contributed by atoms with Gasteiger partial charge in [0, 0.05) is 32.6 Å². The molecule has 8 heteroatoms. The van der Waals surface area contributed by atoms with Crippen molar-refractivity contribution in [2.24, 2.45) is 5.73 Å². The minimum Gasteiger partial charge on any atom is -0.340 e. The minimum atomic E-state index is -2.29. The molecule has 128 valence electrons. The maximum Gasteiger partial charge on any atom is 0.251 e. The Labute approximate surface area is 138 Å². The molecule has 1 fully saturated rings. The van der Waals surface area contributed by atoms with Gasteiger partial charge in [-0.3, -0.25) is 9.69 Å². The molecule has 1 aliphatic heterocycles. The van der Waals surface area contributed by atoms with Crippen molar-refractivity contribution in [2.45, 2.75) is 38.5 Å². The Hall–Kier alpha value is -0.170. The number of carbonyl (C=O) groups excluding carboxylic acids is 1. The van der Waals surface area contributed by atoms with Crippen molar-refractivity contribution in [3.05, 3.63) is 0 Å². The van der Waals surface area contributed by atoms with Crippen molar-refractivity contribution >= 4 is 30.7 Å². The number of rotatable bonds is 8. The van der Waals surface area contributed by atoms with E-state index in [0.717, 1.165) is 25.7 Å². The van der Waals surface area contributed by atoms with E-state index in [1.54, 1.807) is 9.80 Å². The maximum atomic E-state index is 12.2. The Morgan fingerprint density at radius 1 is 1.00 bits per heavy atom. The zero-order valence-corrected chi connectivity index (χ0v) is 13.9. The molecule has 0 radical (unpaired) electrons. The van der Waals surface area contributed by atoms with Crippen LogP contribution in [0.4, 0.5) is 8.78 Å². The van der Waals surface area contributed by atoms with Crippen molar-refractivity contribution in [1.29, 1.82) is 0 Å². The van der Waals surface area contributed by atoms with Gasteiger partial charge in [-0.1, -0.05) is 12.8 Å². The fourth-order valence-electron chi connectivity index (χ4n) is 2.31. The summed E-state index contributed by atoms with van der Waals surface area (Å²) in [6, 6.07) is 0. The van der Waals surface area contributed by atoms with E-state index in [2.05, 4.69) is 0 Å². The second-order valence-corrected chi connectivity index (χ2v) is 5.03. The molecule has 1 heterocycles. The molecule has 0 saturated carbocycles. The number of halogens is 4. The van der Waals surface area contributed by atoms with Crippen LogP contribution in [0, 0.1) is 0 Å². The molecule has 21 heavy (non-hydrogen) atoms. The predicted octanol–water partition coefficient (Wildman–Crippen LogP) is 2.15. The van der Waals surface area contributed by atoms with E-state index in [0.29, 0.717) is 39.1 Å². The second kappa shape index (κ2) is 13.5. The molecule has 2 N–H and O–H groups in total. The zero-order valence-electron chi connectivity index (χ0n) is 12.3. The first-order chi connectivity index (χ1) is 9.13. The van der Waals surface area contributed by atoms with Crippen LogP contribution in [-0.4, -0.2) is 61.4 Å². The van der Waals surface area contributed by atoms with Crippen LogP contribution >= 0.6 is 24.8 Å². The quantitative estimate of drug-likeness (QED) is 0.683. The van der Waals surface area contributed by atoms with Gasteiger partial charge in [-0.25, -0.2) is 8.78 Å². The van der Waals surface area contributed by atoms with Crippen molar-refractivity contribution in [3.8, 4) is 0 Å². The van der Waals surface area contributed by atoms with E-state index in [1.165, 1.54) is 0 Å². The normalized spacial score (nSPS) is 15.5. The molecule has 0 unspecified atom stereocenters. The number of unbranched alkanes of at least 4 members (excludes halogenated alkanes) is 3. The van der Waals surface area contributed by atoms with E-state index in [1.807, 2.05) is 0 Å². The van der Waals surface area contributed by atoms with E-state index < -0.39 is 6.43 Å². The van der Waals surface area contributed by atoms with Crippen molar-refractivity contribution in [2.75, 3.05) is 39.3 Å². The van der Waals surface area contributed by atoms with Gasteiger partial charge in [0.2, 0.25) is 5.91 Å². The van der Waals surface area contributed by atoms with Crippen LogP contribution < -0.4 is 5.73 Å². The van der Waals surface area contributed by atoms with Gasteiger partial charge in [0.1, 0.15) is 0 Å². The number of carbonyl (C=O) groups is 1. The molecule has 0 atom stereocenters. The van der Waals surface area contributed by atoms with Crippen molar-refractivity contribution < 1.29 is 13.6 Å². The molecule has 0 aromatic rings. The summed E-state index contributed by atoms with van der Waals surface area (Å²) in [4.78, 5) is 15.4. The zero-order chi connectivity index (χ0) is 14.1. The molecule has 1 amide bonds. The van der Waals surface area contributed by atoms with Gasteiger partial charge < -0.3 is 10.6 Å². The highest BCUT2D eigenvalue weighted by molar-refractivity contribution is 5.85. The van der Waals surface area contributed by atoms with Crippen LogP contribution in [0.5, 0.6) is 0 Å². The molecule has 0 bridgehead atoms. The van der Waals surface area contributed by atoms with Gasteiger partial charge in [0.05, 0.1) is 6.54 Å². The van der Waals surface area contributed by atoms with Gasteiger partial charge in [-0.2, -0.15) is 0 Å². The highest BCUT2D eigenvalue weighted by Crippen LogP contribution is 2.09. The summed E-state index contributed by atoms with van der Waals surface area (Å²) in [7, 11) is 0. The van der Waals surface area contributed by atoms with Crippen LogP contribution in [0.2, 0.25) is 0 Å². The van der Waals surface area contributed by atoms with E-state index >= 15 is 0 Å². The Balaban J connectivity index is 0. The molecule has 1 saturated heterocycles. The average Bonchev–Trinajstić information content (AvgIpc) is 2.38. The minimum absolute atomic E-state index is 0. The Morgan fingerprint density at radius 3 is 2.10 bits per heavy atom. The lowest BCUT2D eigenvalue weighted by atomic mass is 10.1. The Morgan fingerprint density at radius 2 is 1.57 bits per heavy atom. The summed E-state index contributed by atoms with van der Waals surface area (Å²) in [5.74, 6) is 0.157. The Kier molecular flexibility index (Phi) is 14.8. The Bertz CT molecular complexity index is 266. The lowest BCUT2D eigenvalue weighted by Gasteiger charge is -2.34. The largest absolute Gasteiger partial charge is 0.340 e. The average molecular weight is 350 g/mol. The fraction of sp³-hybridized carbons (Fsp3) is 0.923. The van der Waals surface area contributed by atoms with Gasteiger partial charge >= 0.3 is 0 Å². The first-order valence-electron chi connectivity index (χ1n) is 7.12. The van der Waals surface area contributed by atoms with Crippen molar-refractivity contribution in [3.63, 3.8) is 0 Å². The molecule has 0 aromatic heterocycles. The van der Waals surface area contributed by atoms with E-state index in [-0.39, 0.29) is 37.3 Å². The first kappa shape index (κ1) is 23.1. The van der Waals surface area contributed by atoms with E-state index in [4.69, 9.17) is 5.73 Å². The monoisotopic (exact) mass is 349 g/mol. The molecule has 0 aromatic carbocycles. The highest BCUT2D eigenvalue weighted by Gasteiger charge is 2.22. The van der Waals surface area contributed by atoms with Gasteiger partial charge in [0.25, 0.3) is 6.43 Å². The highest BCUT2D eigenvalue weighted by atomic mass is 35.5. The standard InChI is InChI=1S/C13H25F2N3O.2ClH/c14-12(15)11-17-7-9-18(10-8-17)13(19)5-3-1-2-4-6-16;;/h12H,1-11,16H2;2*1H. The van der Waals surface area contributed by atoms with Gasteiger partial charge in [0.15, 0.2) is 0 Å². The van der Waals surface area contributed by atoms with Gasteiger partial charge in [-0.15, -0.1) is 24.8 Å². The summed E-state index contributed by atoms with van der Waals surface area (Å²) in [5.41, 5.74) is 5.40. The van der Waals surface area contributed by atoms with Crippen LogP contribution in [-0.2, 0) is 4.79 Å². The first-order valence-corrected chi connectivity index (χ1v) is 7.12. The number of alkyl halides is 2. The van der Waals surface area contributed by atoms with Crippen LogP contribution in [0.15, 0.2) is 0 Å². The molecule has 0 aliphatic carbocycles. The lowest BCUT2D eigenvalue weighted by molar-refractivity contribution is -0.133. The number of nitrogens with two attached hydrogens (primary N) is 1. The SMILES string of the molecule is Cl.Cl.NCCCCCCC(=O)N1CCN(CC(F)F)CC1. The number of amides is 1. The summed E-state index contributed by atoms with van der Waals surface area (Å²) in [5, 5.41) is 0. The molecular weight excluding hydrogens is 323 g/mol. The molecule has 4 nitrogen and oxygen atoms in total. The van der Waals surface area contributed by atoms with Crippen LogP contribution in [0.1, 0.15) is 32.1 Å². The van der Waals surface area contributed by atoms with Crippen LogP contribution in [0.3, 0.4) is 0 Å². The number of piperazine rings is 1. The molecule has 0 spiro atoms. The summed E-state index contributed by atoms with van der Waals surface area (Å²) < 4.78 is 24.4. The topological polar surface area (TPSA) is 49.6 Å².